The van der Waals surface area contributed by atoms with Gasteiger partial charge in [0, 0.05) is 5.39 Å². The van der Waals surface area contributed by atoms with Crippen LogP contribution in [0, 0.1) is 0 Å². The summed E-state index contributed by atoms with van der Waals surface area (Å²) < 4.78 is 5.85. The Hall–Kier alpha value is -1.28. The number of fused-ring (bicyclic) bond motifs is 1. The van der Waals surface area contributed by atoms with Gasteiger partial charge in [-0.3, -0.25) is 0 Å². The van der Waals surface area contributed by atoms with E-state index in [-0.39, 0.29) is 6.04 Å². The van der Waals surface area contributed by atoms with Crippen molar-refractivity contribution in [1.82, 2.24) is 5.32 Å². The Bertz CT molecular complexity index is 487. The van der Waals surface area contributed by atoms with E-state index in [2.05, 4.69) is 50.4 Å². The van der Waals surface area contributed by atoms with Crippen LogP contribution in [0.2, 0.25) is 0 Å². The lowest BCUT2D eigenvalue weighted by Gasteiger charge is -2.07. The van der Waals surface area contributed by atoms with E-state index in [1.54, 1.807) is 0 Å². The first-order valence-electron chi connectivity index (χ1n) is 6.50. The maximum atomic E-state index is 5.85. The number of hydrogen-bond acceptors (Lipinski definition) is 2. The van der Waals surface area contributed by atoms with E-state index in [1.807, 2.05) is 0 Å². The average Bonchev–Trinajstić information content (AvgIpc) is 2.73. The molecule has 1 unspecified atom stereocenters. The molecule has 2 rings (SSSR count). The Labute approximate surface area is 103 Å². The minimum absolute atomic E-state index is 0.280. The van der Waals surface area contributed by atoms with E-state index >= 15 is 0 Å². The molecule has 0 saturated heterocycles. The van der Waals surface area contributed by atoms with Crippen molar-refractivity contribution in [2.75, 3.05) is 6.54 Å². The fourth-order valence-corrected chi connectivity index (χ4v) is 2.18. The zero-order chi connectivity index (χ0) is 12.3. The van der Waals surface area contributed by atoms with Crippen molar-refractivity contribution in [3.05, 3.63) is 35.6 Å². The van der Waals surface area contributed by atoms with Crippen molar-refractivity contribution in [3.63, 3.8) is 0 Å². The van der Waals surface area contributed by atoms with Crippen LogP contribution >= 0.6 is 0 Å². The molecule has 92 valence electrons. The third kappa shape index (κ3) is 2.70. The van der Waals surface area contributed by atoms with Crippen LogP contribution in [0.25, 0.3) is 11.0 Å². The van der Waals surface area contributed by atoms with Crippen LogP contribution in [-0.4, -0.2) is 6.54 Å². The second-order valence-corrected chi connectivity index (χ2v) is 4.55. The smallest absolute Gasteiger partial charge is 0.134 e. The van der Waals surface area contributed by atoms with Crippen LogP contribution in [0.4, 0.5) is 0 Å². The molecule has 2 heteroatoms. The molecule has 17 heavy (non-hydrogen) atoms. The largest absolute Gasteiger partial charge is 0.459 e. The summed E-state index contributed by atoms with van der Waals surface area (Å²) >= 11 is 0. The topological polar surface area (TPSA) is 25.2 Å². The molecule has 1 atom stereocenters. The summed E-state index contributed by atoms with van der Waals surface area (Å²) in [5.41, 5.74) is 2.38. The lowest BCUT2D eigenvalue weighted by Crippen LogP contribution is -2.16. The van der Waals surface area contributed by atoms with E-state index in [4.69, 9.17) is 4.42 Å². The highest BCUT2D eigenvalue weighted by Gasteiger charge is 2.10. The first kappa shape index (κ1) is 12.2. The Morgan fingerprint density at radius 3 is 2.76 bits per heavy atom. The molecule has 0 radical (unpaired) electrons. The minimum Gasteiger partial charge on any atom is -0.459 e. The molecule has 1 heterocycles. The summed E-state index contributed by atoms with van der Waals surface area (Å²) in [6.07, 6.45) is 2.32. The second kappa shape index (κ2) is 5.37. The predicted molar refractivity (Wildman–Crippen MR) is 72.3 cm³/mol. The molecule has 1 aromatic heterocycles. The van der Waals surface area contributed by atoms with E-state index in [1.165, 1.54) is 17.4 Å². The SMILES string of the molecule is CCCc1ccc2oc(C(C)NCC)cc2c1. The number of rotatable bonds is 5. The molecule has 0 aliphatic rings. The maximum absolute atomic E-state index is 5.85. The molecular weight excluding hydrogens is 210 g/mol. The lowest BCUT2D eigenvalue weighted by atomic mass is 10.1. The van der Waals surface area contributed by atoms with Crippen molar-refractivity contribution in [2.24, 2.45) is 0 Å². The van der Waals surface area contributed by atoms with Gasteiger partial charge in [-0.2, -0.15) is 0 Å². The zero-order valence-corrected chi connectivity index (χ0v) is 10.9. The third-order valence-electron chi connectivity index (χ3n) is 3.08. The van der Waals surface area contributed by atoms with Crippen molar-refractivity contribution in [2.45, 2.75) is 39.7 Å². The van der Waals surface area contributed by atoms with Gasteiger partial charge in [-0.25, -0.2) is 0 Å². The normalized spacial score (nSPS) is 13.1. The van der Waals surface area contributed by atoms with Crippen LogP contribution in [0.1, 0.15) is 44.6 Å². The van der Waals surface area contributed by atoms with Gasteiger partial charge in [-0.05, 0) is 43.7 Å². The fraction of sp³-hybridized carbons (Fsp3) is 0.467. The molecule has 1 N–H and O–H groups in total. The number of hydrogen-bond donors (Lipinski definition) is 1. The quantitative estimate of drug-likeness (QED) is 0.839. The Kier molecular flexibility index (Phi) is 3.85. The fourth-order valence-electron chi connectivity index (χ4n) is 2.18. The Balaban J connectivity index is 2.30. The number of benzene rings is 1. The molecular formula is C15H21NO. The summed E-state index contributed by atoms with van der Waals surface area (Å²) in [6, 6.07) is 8.92. The van der Waals surface area contributed by atoms with Crippen LogP contribution in [-0.2, 0) is 6.42 Å². The highest BCUT2D eigenvalue weighted by Crippen LogP contribution is 2.25. The lowest BCUT2D eigenvalue weighted by molar-refractivity contribution is 0.459. The van der Waals surface area contributed by atoms with E-state index < -0.39 is 0 Å². The highest BCUT2D eigenvalue weighted by atomic mass is 16.3. The van der Waals surface area contributed by atoms with Crippen molar-refractivity contribution in [1.29, 1.82) is 0 Å². The molecule has 2 nitrogen and oxygen atoms in total. The Morgan fingerprint density at radius 1 is 1.24 bits per heavy atom. The van der Waals surface area contributed by atoms with Gasteiger partial charge in [0.2, 0.25) is 0 Å². The molecule has 0 saturated carbocycles. The summed E-state index contributed by atoms with van der Waals surface area (Å²) in [7, 11) is 0. The number of nitrogens with one attached hydrogen (secondary N) is 1. The Morgan fingerprint density at radius 2 is 2.06 bits per heavy atom. The van der Waals surface area contributed by atoms with E-state index in [9.17, 15) is 0 Å². The molecule has 1 aromatic carbocycles. The first-order chi connectivity index (χ1) is 8.24. The molecule has 0 aliphatic carbocycles. The zero-order valence-electron chi connectivity index (χ0n) is 10.9. The summed E-state index contributed by atoms with van der Waals surface area (Å²) in [6.45, 7) is 7.41. The van der Waals surface area contributed by atoms with Crippen molar-refractivity contribution < 1.29 is 4.42 Å². The molecule has 0 fully saturated rings. The van der Waals surface area contributed by atoms with Crippen LogP contribution in [0.3, 0.4) is 0 Å². The standard InChI is InChI=1S/C15H21NO/c1-4-6-12-7-8-14-13(9-12)10-15(17-14)11(3)16-5-2/h7-11,16H,4-6H2,1-3H3. The van der Waals surface area contributed by atoms with Crippen LogP contribution in [0.15, 0.2) is 28.7 Å². The highest BCUT2D eigenvalue weighted by molar-refractivity contribution is 5.78. The van der Waals surface area contributed by atoms with Gasteiger partial charge >= 0.3 is 0 Å². The van der Waals surface area contributed by atoms with Crippen LogP contribution < -0.4 is 5.32 Å². The molecule has 2 aromatic rings. The van der Waals surface area contributed by atoms with Gasteiger partial charge in [0.1, 0.15) is 11.3 Å². The van der Waals surface area contributed by atoms with Crippen LogP contribution in [0.5, 0.6) is 0 Å². The van der Waals surface area contributed by atoms with Gasteiger partial charge < -0.3 is 9.73 Å². The van der Waals surface area contributed by atoms with Gasteiger partial charge in [-0.15, -0.1) is 0 Å². The first-order valence-corrected chi connectivity index (χ1v) is 6.50. The molecule has 0 amide bonds. The van der Waals surface area contributed by atoms with Gasteiger partial charge in [-0.1, -0.05) is 26.3 Å². The molecule has 0 bridgehead atoms. The second-order valence-electron chi connectivity index (χ2n) is 4.55. The summed E-state index contributed by atoms with van der Waals surface area (Å²) in [5.74, 6) is 1.02. The van der Waals surface area contributed by atoms with Gasteiger partial charge in [0.05, 0.1) is 6.04 Å². The third-order valence-corrected chi connectivity index (χ3v) is 3.08. The minimum atomic E-state index is 0.280. The average molecular weight is 231 g/mol. The monoisotopic (exact) mass is 231 g/mol. The van der Waals surface area contributed by atoms with Crippen molar-refractivity contribution >= 4 is 11.0 Å². The molecule has 0 spiro atoms. The predicted octanol–water partition coefficient (Wildman–Crippen LogP) is 4.06. The number of aryl methyl sites for hydroxylation is 1. The summed E-state index contributed by atoms with van der Waals surface area (Å²) in [5, 5.41) is 4.59. The van der Waals surface area contributed by atoms with E-state index in [0.717, 1.165) is 24.3 Å². The summed E-state index contributed by atoms with van der Waals surface area (Å²) in [4.78, 5) is 0. The van der Waals surface area contributed by atoms with E-state index in [0.29, 0.717) is 0 Å². The number of furan rings is 1. The molecule has 0 aliphatic heterocycles. The van der Waals surface area contributed by atoms with Gasteiger partial charge in [0.15, 0.2) is 0 Å². The van der Waals surface area contributed by atoms with Gasteiger partial charge in [0.25, 0.3) is 0 Å². The van der Waals surface area contributed by atoms with Crippen molar-refractivity contribution in [3.8, 4) is 0 Å². The maximum Gasteiger partial charge on any atom is 0.134 e.